The fourth-order valence-corrected chi connectivity index (χ4v) is 5.49. The highest BCUT2D eigenvalue weighted by molar-refractivity contribution is 6.04. The predicted octanol–water partition coefficient (Wildman–Crippen LogP) is 4.45. The van der Waals surface area contributed by atoms with Crippen molar-refractivity contribution in [3.63, 3.8) is 0 Å². The van der Waals surface area contributed by atoms with E-state index in [1.165, 1.54) is 6.08 Å². The predicted molar refractivity (Wildman–Crippen MR) is 156 cm³/mol. The number of hydrogen-bond donors (Lipinski definition) is 1. The summed E-state index contributed by atoms with van der Waals surface area (Å²) in [5.74, 6) is 1.22. The number of rotatable bonds is 4. The molecule has 0 bridgehead atoms. The summed E-state index contributed by atoms with van der Waals surface area (Å²) in [5, 5.41) is 3.07. The van der Waals surface area contributed by atoms with Crippen LogP contribution in [-0.4, -0.2) is 79.0 Å². The van der Waals surface area contributed by atoms with Crippen LogP contribution in [0.2, 0.25) is 0 Å². The van der Waals surface area contributed by atoms with Crippen LogP contribution >= 0.6 is 0 Å². The molecule has 1 N–H and O–H groups in total. The maximum atomic E-state index is 13.4. The standard InChI is InChI=1S/C31H38N4O6/c1-4-27(36)34-11-6-5-10-24(20-34)35-28-22(3)29-26(40-16-14-38-12-13-39-15-17-41-29)19-25(28)32-31(35)33-30(37)23-9-7-8-21(2)18-23/h4,7-9,18-19,24H,1,5-6,10-17,20H2,2-3H3,(H,32,33,37)/t24-/m1/s1. The summed E-state index contributed by atoms with van der Waals surface area (Å²) in [6.07, 6.45) is 3.99. The molecule has 1 aromatic heterocycles. The van der Waals surface area contributed by atoms with Gasteiger partial charge in [-0.2, -0.15) is 0 Å². The van der Waals surface area contributed by atoms with Crippen molar-refractivity contribution in [3.05, 3.63) is 59.7 Å². The molecule has 10 nitrogen and oxygen atoms in total. The molecular formula is C31H38N4O6. The van der Waals surface area contributed by atoms with E-state index in [2.05, 4.69) is 16.5 Å². The molecular weight excluding hydrogens is 524 g/mol. The molecule has 2 aliphatic heterocycles. The van der Waals surface area contributed by atoms with Crippen molar-refractivity contribution < 1.29 is 28.5 Å². The first kappa shape index (κ1) is 28.6. The fourth-order valence-electron chi connectivity index (χ4n) is 5.49. The molecule has 2 aliphatic rings. The molecule has 10 heteroatoms. The van der Waals surface area contributed by atoms with Crippen molar-refractivity contribution in [2.75, 3.05) is 58.0 Å². The zero-order valence-electron chi connectivity index (χ0n) is 23.8. The number of nitrogens with zero attached hydrogens (tertiary/aromatic N) is 3. The summed E-state index contributed by atoms with van der Waals surface area (Å²) < 4.78 is 25.6. The number of hydrogen-bond acceptors (Lipinski definition) is 7. The third-order valence-electron chi connectivity index (χ3n) is 7.46. The third kappa shape index (κ3) is 6.55. The first-order chi connectivity index (χ1) is 20.0. The van der Waals surface area contributed by atoms with Crippen molar-refractivity contribution in [1.82, 2.24) is 14.5 Å². The molecule has 5 rings (SSSR count). The quantitative estimate of drug-likeness (QED) is 0.469. The second kappa shape index (κ2) is 13.2. The fraction of sp³-hybridized carbons (Fsp3) is 0.452. The molecule has 0 saturated carbocycles. The summed E-state index contributed by atoms with van der Waals surface area (Å²) in [5.41, 5.74) is 3.87. The van der Waals surface area contributed by atoms with Crippen LogP contribution in [0, 0.1) is 13.8 Å². The van der Waals surface area contributed by atoms with Gasteiger partial charge >= 0.3 is 0 Å². The number of likely N-dealkylation sites (tertiary alicyclic amines) is 1. The van der Waals surface area contributed by atoms with E-state index in [1.54, 1.807) is 6.07 Å². The van der Waals surface area contributed by atoms with E-state index in [4.69, 9.17) is 23.9 Å². The summed E-state index contributed by atoms with van der Waals surface area (Å²) in [7, 11) is 0. The molecule has 0 unspecified atom stereocenters. The molecule has 218 valence electrons. The Labute approximate surface area is 240 Å². The van der Waals surface area contributed by atoms with Crippen LogP contribution in [0.3, 0.4) is 0 Å². The van der Waals surface area contributed by atoms with Gasteiger partial charge in [0, 0.05) is 30.3 Å². The molecule has 41 heavy (non-hydrogen) atoms. The van der Waals surface area contributed by atoms with Crippen LogP contribution in [0.1, 0.15) is 46.8 Å². The van der Waals surface area contributed by atoms with E-state index in [0.717, 1.165) is 35.9 Å². The van der Waals surface area contributed by atoms with Gasteiger partial charge in [0.2, 0.25) is 11.9 Å². The molecule has 2 aromatic carbocycles. The average molecular weight is 563 g/mol. The Kier molecular flexibility index (Phi) is 9.21. The van der Waals surface area contributed by atoms with Gasteiger partial charge < -0.3 is 28.4 Å². The third-order valence-corrected chi connectivity index (χ3v) is 7.46. The number of aryl methyl sites for hydroxylation is 2. The van der Waals surface area contributed by atoms with Crippen molar-refractivity contribution in [3.8, 4) is 11.5 Å². The number of ether oxygens (including phenoxy) is 4. The van der Waals surface area contributed by atoms with Gasteiger partial charge in [-0.3, -0.25) is 14.9 Å². The van der Waals surface area contributed by atoms with Gasteiger partial charge in [-0.1, -0.05) is 24.3 Å². The van der Waals surface area contributed by atoms with E-state index in [0.29, 0.717) is 81.3 Å². The molecule has 1 atom stereocenters. The monoisotopic (exact) mass is 562 g/mol. The average Bonchev–Trinajstić information content (AvgIpc) is 3.14. The highest BCUT2D eigenvalue weighted by Gasteiger charge is 2.29. The van der Waals surface area contributed by atoms with Crippen molar-refractivity contribution in [2.45, 2.75) is 39.2 Å². The minimum absolute atomic E-state index is 0.105. The number of amides is 2. The second-order valence-electron chi connectivity index (χ2n) is 10.4. The number of carbonyl (C=O) groups excluding carboxylic acids is 2. The largest absolute Gasteiger partial charge is 0.487 e. The Bertz CT molecular complexity index is 1420. The lowest BCUT2D eigenvalue weighted by molar-refractivity contribution is -0.126. The van der Waals surface area contributed by atoms with Crippen LogP contribution in [0.5, 0.6) is 11.5 Å². The first-order valence-corrected chi connectivity index (χ1v) is 14.2. The van der Waals surface area contributed by atoms with Crippen LogP contribution in [0.4, 0.5) is 5.95 Å². The lowest BCUT2D eigenvalue weighted by atomic mass is 10.1. The molecule has 0 aliphatic carbocycles. The Morgan fingerprint density at radius 2 is 1.78 bits per heavy atom. The summed E-state index contributed by atoms with van der Waals surface area (Å²) in [6, 6.07) is 9.17. The Morgan fingerprint density at radius 3 is 2.54 bits per heavy atom. The Hall–Kier alpha value is -3.89. The maximum absolute atomic E-state index is 13.4. The van der Waals surface area contributed by atoms with Gasteiger partial charge in [0.05, 0.1) is 43.5 Å². The first-order valence-electron chi connectivity index (χ1n) is 14.2. The van der Waals surface area contributed by atoms with Crippen LogP contribution in [0.25, 0.3) is 11.0 Å². The lowest BCUT2D eigenvalue weighted by Crippen LogP contribution is -2.34. The van der Waals surface area contributed by atoms with E-state index in [1.807, 2.05) is 43.0 Å². The van der Waals surface area contributed by atoms with Gasteiger partial charge in [0.25, 0.3) is 5.91 Å². The van der Waals surface area contributed by atoms with E-state index in [9.17, 15) is 9.59 Å². The highest BCUT2D eigenvalue weighted by atomic mass is 16.6. The smallest absolute Gasteiger partial charge is 0.257 e. The van der Waals surface area contributed by atoms with Gasteiger partial charge in [-0.05, 0) is 51.3 Å². The summed E-state index contributed by atoms with van der Waals surface area (Å²) >= 11 is 0. The zero-order chi connectivity index (χ0) is 28.8. The van der Waals surface area contributed by atoms with E-state index in [-0.39, 0.29) is 17.9 Å². The molecule has 0 spiro atoms. The van der Waals surface area contributed by atoms with Crippen LogP contribution in [-0.2, 0) is 14.3 Å². The van der Waals surface area contributed by atoms with Crippen molar-refractivity contribution >= 4 is 28.8 Å². The minimum atomic E-state index is -0.254. The zero-order valence-corrected chi connectivity index (χ0v) is 23.8. The topological polar surface area (TPSA) is 104 Å². The molecule has 3 heterocycles. The van der Waals surface area contributed by atoms with Crippen molar-refractivity contribution in [2.24, 2.45) is 0 Å². The normalized spacial score (nSPS) is 18.6. The number of imidazole rings is 1. The lowest BCUT2D eigenvalue weighted by Gasteiger charge is -2.27. The summed E-state index contributed by atoms with van der Waals surface area (Å²) in [4.78, 5) is 32.8. The Morgan fingerprint density at radius 1 is 1.02 bits per heavy atom. The number of fused-ring (bicyclic) bond motifs is 2. The van der Waals surface area contributed by atoms with Crippen LogP contribution in [0.15, 0.2) is 43.0 Å². The summed E-state index contributed by atoms with van der Waals surface area (Å²) in [6.45, 7) is 11.3. The number of benzene rings is 2. The molecule has 1 saturated heterocycles. The maximum Gasteiger partial charge on any atom is 0.257 e. The highest BCUT2D eigenvalue weighted by Crippen LogP contribution is 2.41. The molecule has 3 aromatic rings. The van der Waals surface area contributed by atoms with Crippen molar-refractivity contribution in [1.29, 1.82) is 0 Å². The van der Waals surface area contributed by atoms with Gasteiger partial charge in [0.15, 0.2) is 11.5 Å². The molecule has 1 fully saturated rings. The van der Waals surface area contributed by atoms with E-state index < -0.39 is 0 Å². The number of nitrogens with one attached hydrogen (secondary N) is 1. The second-order valence-corrected chi connectivity index (χ2v) is 10.4. The van der Waals surface area contributed by atoms with E-state index >= 15 is 0 Å². The number of anilines is 1. The van der Waals surface area contributed by atoms with Gasteiger partial charge in [-0.15, -0.1) is 0 Å². The number of aromatic nitrogens is 2. The minimum Gasteiger partial charge on any atom is -0.487 e. The van der Waals surface area contributed by atoms with Gasteiger partial charge in [0.1, 0.15) is 13.2 Å². The van der Waals surface area contributed by atoms with Gasteiger partial charge in [-0.25, -0.2) is 4.98 Å². The molecule has 2 amide bonds. The SMILES string of the molecule is C=CC(=O)N1CCCC[C@@H](n2c(NC(=O)c3cccc(C)c3)nc3cc4c(c(C)c32)OCCOCCOCCO4)C1. The molecule has 0 radical (unpaired) electrons. The van der Waals surface area contributed by atoms with Crippen LogP contribution < -0.4 is 14.8 Å². The Balaban J connectivity index is 1.62. The number of carbonyl (C=O) groups is 2.